The van der Waals surface area contributed by atoms with E-state index in [9.17, 15) is 0 Å². The van der Waals surface area contributed by atoms with Crippen LogP contribution in [0.5, 0.6) is 0 Å². The molecule has 1 unspecified atom stereocenters. The molecule has 1 aliphatic carbocycles. The minimum absolute atomic E-state index is 0.331. The minimum atomic E-state index is 0.331. The van der Waals surface area contributed by atoms with Crippen molar-refractivity contribution in [2.24, 2.45) is 5.92 Å². The zero-order valence-electron chi connectivity index (χ0n) is 10.2. The molecular weight excluding hydrogens is 218 g/mol. The Labute approximate surface area is 102 Å². The van der Waals surface area contributed by atoms with Crippen molar-refractivity contribution in [3.8, 4) is 0 Å². The molecule has 0 aromatic carbocycles. The van der Waals surface area contributed by atoms with Gasteiger partial charge in [0.2, 0.25) is 0 Å². The summed E-state index contributed by atoms with van der Waals surface area (Å²) in [6.45, 7) is 2.13. The van der Waals surface area contributed by atoms with Crippen LogP contribution in [0.1, 0.15) is 55.1 Å². The Kier molecular flexibility index (Phi) is 4.29. The molecule has 0 spiro atoms. The molecule has 0 aliphatic heterocycles. The average molecular weight is 239 g/mol. The van der Waals surface area contributed by atoms with Crippen LogP contribution in [-0.2, 0) is 6.42 Å². The average Bonchev–Trinajstić information content (AvgIpc) is 2.78. The van der Waals surface area contributed by atoms with Gasteiger partial charge in [-0.3, -0.25) is 0 Å². The van der Waals surface area contributed by atoms with Gasteiger partial charge in [0, 0.05) is 6.42 Å². The van der Waals surface area contributed by atoms with Gasteiger partial charge in [0.25, 0.3) is 0 Å². The smallest absolute Gasteiger partial charge is 0.134 e. The largest absolute Gasteiger partial charge is 0.311 e. The lowest BCUT2D eigenvalue weighted by atomic mass is 9.87. The van der Waals surface area contributed by atoms with Crippen molar-refractivity contribution < 1.29 is 0 Å². The third-order valence-corrected chi connectivity index (χ3v) is 4.60. The van der Waals surface area contributed by atoms with E-state index >= 15 is 0 Å². The number of hydrogen-bond acceptors (Lipinski definition) is 4. The molecule has 90 valence electrons. The van der Waals surface area contributed by atoms with E-state index in [1.165, 1.54) is 37.1 Å². The summed E-state index contributed by atoms with van der Waals surface area (Å²) in [7, 11) is 1.97. The van der Waals surface area contributed by atoms with Gasteiger partial charge in [-0.2, -0.15) is 0 Å². The second-order valence-corrected chi connectivity index (χ2v) is 5.85. The Balaban J connectivity index is 1.91. The predicted molar refractivity (Wildman–Crippen MR) is 67.7 cm³/mol. The van der Waals surface area contributed by atoms with Crippen molar-refractivity contribution in [3.05, 3.63) is 10.0 Å². The first kappa shape index (κ1) is 12.0. The first-order chi connectivity index (χ1) is 7.79. The standard InChI is InChI=1S/C12H21N3S/c1-9(13-2)12-15-14-11(16-12)8-10-6-4-3-5-7-10/h9-10,13H,3-8H2,1-2H3. The molecule has 1 heterocycles. The van der Waals surface area contributed by atoms with Gasteiger partial charge in [-0.1, -0.05) is 43.4 Å². The van der Waals surface area contributed by atoms with Gasteiger partial charge in [-0.15, -0.1) is 10.2 Å². The number of rotatable bonds is 4. The lowest BCUT2D eigenvalue weighted by molar-refractivity contribution is 0.356. The predicted octanol–water partition coefficient (Wildman–Crippen LogP) is 2.94. The van der Waals surface area contributed by atoms with Gasteiger partial charge < -0.3 is 5.32 Å². The number of nitrogens with one attached hydrogen (secondary N) is 1. The molecule has 3 nitrogen and oxygen atoms in total. The molecule has 1 saturated carbocycles. The van der Waals surface area contributed by atoms with Crippen LogP contribution in [0.2, 0.25) is 0 Å². The summed E-state index contributed by atoms with van der Waals surface area (Å²) in [6.07, 6.45) is 8.16. The van der Waals surface area contributed by atoms with Crippen LogP contribution in [0.15, 0.2) is 0 Å². The highest BCUT2D eigenvalue weighted by Gasteiger charge is 2.17. The van der Waals surface area contributed by atoms with Crippen molar-refractivity contribution in [2.45, 2.75) is 51.5 Å². The van der Waals surface area contributed by atoms with E-state index in [0.717, 1.165) is 17.3 Å². The summed E-state index contributed by atoms with van der Waals surface area (Å²) in [6, 6.07) is 0.331. The molecule has 1 aromatic heterocycles. The zero-order chi connectivity index (χ0) is 11.4. The van der Waals surface area contributed by atoms with Gasteiger partial charge in [-0.25, -0.2) is 0 Å². The third-order valence-electron chi connectivity index (χ3n) is 3.47. The second kappa shape index (κ2) is 5.73. The quantitative estimate of drug-likeness (QED) is 0.878. The monoisotopic (exact) mass is 239 g/mol. The fraction of sp³-hybridized carbons (Fsp3) is 0.833. The highest BCUT2D eigenvalue weighted by molar-refractivity contribution is 7.11. The Morgan fingerprint density at radius 2 is 2.06 bits per heavy atom. The van der Waals surface area contributed by atoms with Crippen LogP contribution < -0.4 is 5.32 Å². The fourth-order valence-corrected chi connectivity index (χ4v) is 3.30. The van der Waals surface area contributed by atoms with Crippen LogP contribution in [-0.4, -0.2) is 17.2 Å². The van der Waals surface area contributed by atoms with Gasteiger partial charge >= 0.3 is 0 Å². The second-order valence-electron chi connectivity index (χ2n) is 4.75. The number of nitrogens with zero attached hydrogens (tertiary/aromatic N) is 2. The van der Waals surface area contributed by atoms with Gasteiger partial charge in [0.1, 0.15) is 10.0 Å². The maximum atomic E-state index is 4.31. The first-order valence-electron chi connectivity index (χ1n) is 6.29. The molecule has 16 heavy (non-hydrogen) atoms. The molecule has 0 saturated heterocycles. The summed E-state index contributed by atoms with van der Waals surface area (Å²) in [5, 5.41) is 14.1. The minimum Gasteiger partial charge on any atom is -0.311 e. The molecule has 1 N–H and O–H groups in total. The highest BCUT2D eigenvalue weighted by Crippen LogP contribution is 2.28. The Bertz CT molecular complexity index is 318. The summed E-state index contributed by atoms with van der Waals surface area (Å²) in [4.78, 5) is 0. The maximum absolute atomic E-state index is 4.31. The maximum Gasteiger partial charge on any atom is 0.134 e. The summed E-state index contributed by atoms with van der Waals surface area (Å²) < 4.78 is 0. The molecule has 4 heteroatoms. The first-order valence-corrected chi connectivity index (χ1v) is 7.10. The van der Waals surface area contributed by atoms with Gasteiger partial charge in [-0.05, 0) is 19.9 Å². The normalized spacial score (nSPS) is 19.9. The molecule has 1 fully saturated rings. The van der Waals surface area contributed by atoms with Crippen molar-refractivity contribution in [1.29, 1.82) is 0 Å². The van der Waals surface area contributed by atoms with E-state index in [1.54, 1.807) is 11.3 Å². The third kappa shape index (κ3) is 3.01. The van der Waals surface area contributed by atoms with Crippen molar-refractivity contribution in [3.63, 3.8) is 0 Å². The van der Waals surface area contributed by atoms with E-state index < -0.39 is 0 Å². The number of aromatic nitrogens is 2. The molecule has 1 aromatic rings. The Morgan fingerprint density at radius 3 is 2.75 bits per heavy atom. The lowest BCUT2D eigenvalue weighted by Gasteiger charge is -2.19. The molecule has 1 atom stereocenters. The van der Waals surface area contributed by atoms with Crippen LogP contribution in [0.25, 0.3) is 0 Å². The summed E-state index contributed by atoms with van der Waals surface area (Å²) in [5.41, 5.74) is 0. The SMILES string of the molecule is CNC(C)c1nnc(CC2CCCCC2)s1. The van der Waals surface area contributed by atoms with E-state index in [4.69, 9.17) is 0 Å². The highest BCUT2D eigenvalue weighted by atomic mass is 32.1. The van der Waals surface area contributed by atoms with E-state index in [1.807, 2.05) is 7.05 Å². The fourth-order valence-electron chi connectivity index (χ4n) is 2.29. The Morgan fingerprint density at radius 1 is 1.31 bits per heavy atom. The van der Waals surface area contributed by atoms with Crippen LogP contribution in [0, 0.1) is 5.92 Å². The Hall–Kier alpha value is -0.480. The molecule has 0 radical (unpaired) electrons. The zero-order valence-corrected chi connectivity index (χ0v) is 11.0. The molecule has 0 bridgehead atoms. The van der Waals surface area contributed by atoms with Crippen LogP contribution in [0.4, 0.5) is 0 Å². The van der Waals surface area contributed by atoms with Crippen molar-refractivity contribution in [1.82, 2.24) is 15.5 Å². The summed E-state index contributed by atoms with van der Waals surface area (Å²) in [5.74, 6) is 0.861. The lowest BCUT2D eigenvalue weighted by Crippen LogP contribution is -2.11. The van der Waals surface area contributed by atoms with Gasteiger partial charge in [0.15, 0.2) is 0 Å². The van der Waals surface area contributed by atoms with E-state index in [2.05, 4.69) is 22.4 Å². The van der Waals surface area contributed by atoms with E-state index in [0.29, 0.717) is 6.04 Å². The van der Waals surface area contributed by atoms with Crippen LogP contribution >= 0.6 is 11.3 Å². The van der Waals surface area contributed by atoms with Crippen LogP contribution in [0.3, 0.4) is 0 Å². The number of hydrogen-bond donors (Lipinski definition) is 1. The van der Waals surface area contributed by atoms with Crippen molar-refractivity contribution in [2.75, 3.05) is 7.05 Å². The topological polar surface area (TPSA) is 37.8 Å². The van der Waals surface area contributed by atoms with E-state index in [-0.39, 0.29) is 0 Å². The summed E-state index contributed by atoms with van der Waals surface area (Å²) >= 11 is 1.77. The molecule has 2 rings (SSSR count). The van der Waals surface area contributed by atoms with Gasteiger partial charge in [0.05, 0.1) is 6.04 Å². The molecule has 1 aliphatic rings. The molecular formula is C12H21N3S. The molecule has 0 amide bonds. The van der Waals surface area contributed by atoms with Crippen molar-refractivity contribution >= 4 is 11.3 Å².